The number of rotatable bonds is 6. The molecule has 9 heteroatoms. The Balaban J connectivity index is 2.14. The average Bonchev–Trinajstić information content (AvgIpc) is 2.69. The highest BCUT2D eigenvalue weighted by Gasteiger charge is 2.36. The van der Waals surface area contributed by atoms with Crippen molar-refractivity contribution in [3.8, 4) is 0 Å². The first-order valence-corrected chi connectivity index (χ1v) is 9.90. The third kappa shape index (κ3) is 6.59. The van der Waals surface area contributed by atoms with Gasteiger partial charge in [-0.05, 0) is 24.6 Å². The van der Waals surface area contributed by atoms with Crippen LogP contribution >= 0.6 is 23.2 Å². The molecule has 5 nitrogen and oxygen atoms in total. The molecule has 1 aliphatic heterocycles. The van der Waals surface area contributed by atoms with E-state index in [1.165, 1.54) is 0 Å². The van der Waals surface area contributed by atoms with Gasteiger partial charge in [-0.2, -0.15) is 0 Å². The van der Waals surface area contributed by atoms with Crippen molar-refractivity contribution in [2.45, 2.75) is 31.7 Å². The van der Waals surface area contributed by atoms with Crippen molar-refractivity contribution >= 4 is 41.2 Å². The molecule has 29 heavy (non-hydrogen) atoms. The molecule has 0 spiro atoms. The molecule has 1 aromatic rings. The maximum atomic E-state index is 13.6. The predicted molar refractivity (Wildman–Crippen MR) is 115 cm³/mol. The lowest BCUT2D eigenvalue weighted by Crippen LogP contribution is -2.50. The third-order valence-electron chi connectivity index (χ3n) is 4.79. The topological polar surface area (TPSA) is 57.1 Å². The molecule has 1 aromatic carbocycles. The fraction of sp³-hybridized carbons (Fsp3) is 0.450. The first-order valence-electron chi connectivity index (χ1n) is 9.15. The monoisotopic (exact) mass is 444 g/mol. The number of nitrogens with one attached hydrogen (secondary N) is 1. The number of alkyl halides is 2. The summed E-state index contributed by atoms with van der Waals surface area (Å²) in [4.78, 5) is 22.6. The van der Waals surface area contributed by atoms with Crippen LogP contribution in [0, 0.1) is 0 Å². The van der Waals surface area contributed by atoms with Crippen molar-refractivity contribution in [3.05, 3.63) is 46.0 Å². The zero-order valence-electron chi connectivity index (χ0n) is 16.4. The number of nitrogens with zero attached hydrogens (tertiary/aromatic N) is 3. The van der Waals surface area contributed by atoms with Gasteiger partial charge in [-0.15, -0.1) is 0 Å². The summed E-state index contributed by atoms with van der Waals surface area (Å²) in [6.45, 7) is 6.32. The van der Waals surface area contributed by atoms with Crippen LogP contribution in [0.1, 0.15) is 30.1 Å². The van der Waals surface area contributed by atoms with Gasteiger partial charge in [-0.1, -0.05) is 35.8 Å². The molecule has 158 valence electrons. The van der Waals surface area contributed by atoms with E-state index in [0.29, 0.717) is 11.4 Å². The summed E-state index contributed by atoms with van der Waals surface area (Å²) >= 11 is 12.1. The summed E-state index contributed by atoms with van der Waals surface area (Å²) in [7, 11) is 1.62. The number of amidine groups is 1. The standard InChI is InChI=1S/C20H24Cl2F2N4O/c1-13(11-26-14(2)25-3)17(28-9-7-20(23,24)8-10-28)12-27-19(29)15-5-4-6-16(21)18(15)22/h4-6,11,17H,1,7-10,12H2,2-3H3,(H,27,29). The Labute approximate surface area is 179 Å². The van der Waals surface area contributed by atoms with Crippen LogP contribution in [0.15, 0.2) is 40.3 Å². The Kier molecular flexibility index (Phi) is 8.31. The highest BCUT2D eigenvalue weighted by atomic mass is 35.5. The van der Waals surface area contributed by atoms with Gasteiger partial charge in [0.2, 0.25) is 0 Å². The quantitative estimate of drug-likeness (QED) is 0.518. The number of carbonyl (C=O) groups is 1. The van der Waals surface area contributed by atoms with Gasteiger partial charge in [-0.3, -0.25) is 14.7 Å². The molecule has 0 radical (unpaired) electrons. The van der Waals surface area contributed by atoms with Gasteiger partial charge in [0, 0.05) is 45.7 Å². The number of hydrogen-bond acceptors (Lipinski definition) is 3. The normalized spacial score (nSPS) is 18.6. The fourth-order valence-corrected chi connectivity index (χ4v) is 3.33. The number of halogens is 4. The highest BCUT2D eigenvalue weighted by Crippen LogP contribution is 2.29. The zero-order chi connectivity index (χ0) is 21.6. The fourth-order valence-electron chi connectivity index (χ4n) is 2.94. The van der Waals surface area contributed by atoms with Crippen LogP contribution in [0.5, 0.6) is 0 Å². The molecule has 1 fully saturated rings. The lowest BCUT2D eigenvalue weighted by atomic mass is 10.0. The van der Waals surface area contributed by atoms with Gasteiger partial charge in [0.15, 0.2) is 0 Å². The van der Waals surface area contributed by atoms with Crippen molar-refractivity contribution in [1.29, 1.82) is 0 Å². The van der Waals surface area contributed by atoms with Crippen molar-refractivity contribution in [3.63, 3.8) is 0 Å². The van der Waals surface area contributed by atoms with Crippen LogP contribution in [0.3, 0.4) is 0 Å². The molecular formula is C20H24Cl2F2N4O. The molecule has 1 saturated heterocycles. The first kappa shape index (κ1) is 23.4. The molecule has 1 unspecified atom stereocenters. The SMILES string of the molecule is C=C(C=NC(C)=NC)C(CNC(=O)c1cccc(Cl)c1Cl)N1CCC(F)(F)CC1. The molecule has 2 rings (SSSR count). The Morgan fingerprint density at radius 3 is 2.66 bits per heavy atom. The number of likely N-dealkylation sites (tertiary alicyclic amines) is 1. The molecular weight excluding hydrogens is 421 g/mol. The Bertz CT molecular complexity index is 817. The number of amides is 1. The van der Waals surface area contributed by atoms with Gasteiger partial charge >= 0.3 is 0 Å². The van der Waals surface area contributed by atoms with E-state index in [4.69, 9.17) is 23.2 Å². The van der Waals surface area contributed by atoms with Crippen molar-refractivity contribution in [1.82, 2.24) is 10.2 Å². The lowest BCUT2D eigenvalue weighted by Gasteiger charge is -2.37. The van der Waals surface area contributed by atoms with E-state index in [1.54, 1.807) is 38.4 Å². The molecule has 0 bridgehead atoms. The van der Waals surface area contributed by atoms with E-state index in [2.05, 4.69) is 21.9 Å². The maximum absolute atomic E-state index is 13.6. The van der Waals surface area contributed by atoms with Crippen molar-refractivity contribution in [2.24, 2.45) is 9.98 Å². The average molecular weight is 445 g/mol. The van der Waals surface area contributed by atoms with Crippen LogP contribution < -0.4 is 5.32 Å². The van der Waals surface area contributed by atoms with Crippen molar-refractivity contribution < 1.29 is 13.6 Å². The van der Waals surface area contributed by atoms with Crippen LogP contribution in [0.25, 0.3) is 0 Å². The van der Waals surface area contributed by atoms with Gasteiger partial charge in [-0.25, -0.2) is 13.8 Å². The number of hydrogen-bond donors (Lipinski definition) is 1. The van der Waals surface area contributed by atoms with Crippen LogP contribution in [0.4, 0.5) is 8.78 Å². The molecule has 0 aliphatic carbocycles. The van der Waals surface area contributed by atoms with E-state index in [0.717, 1.165) is 0 Å². The van der Waals surface area contributed by atoms with E-state index in [9.17, 15) is 13.6 Å². The van der Waals surface area contributed by atoms with Gasteiger partial charge in [0.1, 0.15) is 5.84 Å². The number of carbonyl (C=O) groups excluding carboxylic acids is 1. The molecule has 0 saturated carbocycles. The van der Waals surface area contributed by atoms with Gasteiger partial charge < -0.3 is 5.32 Å². The van der Waals surface area contributed by atoms with Crippen LogP contribution in [0.2, 0.25) is 10.0 Å². The Hall–Kier alpha value is -1.83. The summed E-state index contributed by atoms with van der Waals surface area (Å²) in [5.74, 6) is -2.51. The second-order valence-corrected chi connectivity index (χ2v) is 7.61. The molecule has 1 N–H and O–H groups in total. The molecule has 1 amide bonds. The second-order valence-electron chi connectivity index (χ2n) is 6.82. The van der Waals surface area contributed by atoms with E-state index in [1.807, 2.05) is 4.90 Å². The van der Waals surface area contributed by atoms with E-state index < -0.39 is 11.8 Å². The van der Waals surface area contributed by atoms with E-state index in [-0.39, 0.29) is 54.1 Å². The van der Waals surface area contributed by atoms with Crippen molar-refractivity contribution in [2.75, 3.05) is 26.7 Å². The minimum atomic E-state index is -2.67. The Morgan fingerprint density at radius 2 is 2.03 bits per heavy atom. The molecule has 1 heterocycles. The van der Waals surface area contributed by atoms with Crippen LogP contribution in [-0.2, 0) is 0 Å². The summed E-state index contributed by atoms with van der Waals surface area (Å²) in [5.41, 5.74) is 0.840. The number of benzene rings is 1. The van der Waals surface area contributed by atoms with E-state index >= 15 is 0 Å². The molecule has 1 aliphatic rings. The zero-order valence-corrected chi connectivity index (χ0v) is 17.9. The summed E-state index contributed by atoms with van der Waals surface area (Å²) in [5, 5.41) is 3.24. The minimum absolute atomic E-state index is 0.163. The largest absolute Gasteiger partial charge is 0.350 e. The minimum Gasteiger partial charge on any atom is -0.350 e. The first-order chi connectivity index (χ1) is 13.6. The van der Waals surface area contributed by atoms with Crippen LogP contribution in [-0.4, -0.2) is 61.5 Å². The number of piperidine rings is 1. The second kappa shape index (κ2) is 10.3. The molecule has 0 aromatic heterocycles. The highest BCUT2D eigenvalue weighted by molar-refractivity contribution is 6.43. The van der Waals surface area contributed by atoms with Gasteiger partial charge in [0.25, 0.3) is 11.8 Å². The Morgan fingerprint density at radius 1 is 1.38 bits per heavy atom. The van der Waals surface area contributed by atoms with Gasteiger partial charge in [0.05, 0.1) is 21.7 Å². The predicted octanol–water partition coefficient (Wildman–Crippen LogP) is 4.50. The summed E-state index contributed by atoms with van der Waals surface area (Å²) in [6, 6.07) is 4.40. The number of aliphatic imine (C=N–C) groups is 2. The third-order valence-corrected chi connectivity index (χ3v) is 5.61. The molecule has 1 atom stereocenters. The smallest absolute Gasteiger partial charge is 0.252 e. The summed E-state index contributed by atoms with van der Waals surface area (Å²) < 4.78 is 27.1. The maximum Gasteiger partial charge on any atom is 0.252 e. The summed E-state index contributed by atoms with van der Waals surface area (Å²) in [6.07, 6.45) is 1.08. The lowest BCUT2D eigenvalue weighted by molar-refractivity contribution is -0.0598.